The molecule has 0 aliphatic heterocycles. The van der Waals surface area contributed by atoms with E-state index in [0.29, 0.717) is 22.5 Å². The SMILES string of the molecule is CC(=O)C(N=Nc1ccc(-c2ccc(N=NC(C(C)=O)C(=O)Nc3ccccc3)c(Cl)c2)cc1Cl)C(=O)Nc1ccccc1. The lowest BCUT2D eigenvalue weighted by Crippen LogP contribution is -2.31. The van der Waals surface area contributed by atoms with E-state index in [1.807, 2.05) is 0 Å². The van der Waals surface area contributed by atoms with Crippen molar-refractivity contribution in [1.82, 2.24) is 0 Å². The number of carbonyl (C=O) groups is 4. The van der Waals surface area contributed by atoms with Gasteiger partial charge in [0.2, 0.25) is 12.1 Å². The van der Waals surface area contributed by atoms with Crippen LogP contribution in [-0.4, -0.2) is 35.5 Å². The van der Waals surface area contributed by atoms with Gasteiger partial charge in [0.25, 0.3) is 11.8 Å². The van der Waals surface area contributed by atoms with Gasteiger partial charge in [-0.25, -0.2) is 0 Å². The van der Waals surface area contributed by atoms with Crippen LogP contribution in [0.15, 0.2) is 118 Å². The van der Waals surface area contributed by atoms with Gasteiger partial charge < -0.3 is 10.6 Å². The molecule has 0 spiro atoms. The molecule has 0 saturated carbocycles. The van der Waals surface area contributed by atoms with Gasteiger partial charge in [0.1, 0.15) is 11.4 Å². The predicted molar refractivity (Wildman–Crippen MR) is 170 cm³/mol. The summed E-state index contributed by atoms with van der Waals surface area (Å²) in [5.74, 6) is -2.18. The van der Waals surface area contributed by atoms with Crippen LogP contribution >= 0.6 is 23.2 Å². The smallest absolute Gasteiger partial charge is 0.258 e. The van der Waals surface area contributed by atoms with Gasteiger partial charge in [0.05, 0.1) is 10.0 Å². The van der Waals surface area contributed by atoms with Crippen molar-refractivity contribution in [1.29, 1.82) is 0 Å². The number of para-hydroxylation sites is 2. The minimum atomic E-state index is -1.35. The summed E-state index contributed by atoms with van der Waals surface area (Å²) >= 11 is 12.9. The lowest BCUT2D eigenvalue weighted by Gasteiger charge is -2.10. The molecule has 0 heterocycles. The highest BCUT2D eigenvalue weighted by Crippen LogP contribution is 2.35. The average Bonchev–Trinajstić information content (AvgIpc) is 2.99. The molecule has 2 N–H and O–H groups in total. The summed E-state index contributed by atoms with van der Waals surface area (Å²) in [6, 6.07) is 24.6. The maximum atomic E-state index is 12.6. The number of benzene rings is 4. The van der Waals surface area contributed by atoms with Crippen LogP contribution in [0.3, 0.4) is 0 Å². The van der Waals surface area contributed by atoms with Crippen molar-refractivity contribution in [3.05, 3.63) is 107 Å². The Bertz CT molecular complexity index is 1620. The van der Waals surface area contributed by atoms with E-state index in [1.165, 1.54) is 13.8 Å². The van der Waals surface area contributed by atoms with Crippen LogP contribution in [-0.2, 0) is 19.2 Å². The first-order valence-electron chi connectivity index (χ1n) is 13.3. The average molecular weight is 630 g/mol. The van der Waals surface area contributed by atoms with Crippen molar-refractivity contribution in [2.75, 3.05) is 10.6 Å². The fourth-order valence-corrected chi connectivity index (χ4v) is 4.31. The van der Waals surface area contributed by atoms with Crippen LogP contribution in [0.4, 0.5) is 22.7 Å². The van der Waals surface area contributed by atoms with E-state index in [0.717, 1.165) is 0 Å². The van der Waals surface area contributed by atoms with E-state index in [9.17, 15) is 19.2 Å². The first-order valence-corrected chi connectivity index (χ1v) is 14.0. The molecule has 0 fully saturated rings. The zero-order valence-corrected chi connectivity index (χ0v) is 25.1. The largest absolute Gasteiger partial charge is 0.324 e. The number of hydrogen-bond donors (Lipinski definition) is 2. The Labute approximate surface area is 263 Å². The number of azo groups is 2. The van der Waals surface area contributed by atoms with Crippen LogP contribution in [0.1, 0.15) is 13.8 Å². The maximum absolute atomic E-state index is 12.6. The minimum Gasteiger partial charge on any atom is -0.324 e. The monoisotopic (exact) mass is 628 g/mol. The van der Waals surface area contributed by atoms with Crippen LogP contribution in [0.25, 0.3) is 11.1 Å². The minimum absolute atomic E-state index is 0.227. The molecule has 0 saturated heterocycles. The summed E-state index contributed by atoms with van der Waals surface area (Å²) in [5, 5.41) is 21.7. The molecule has 2 amide bonds. The molecule has 0 bridgehead atoms. The van der Waals surface area contributed by atoms with E-state index in [1.54, 1.807) is 97.1 Å². The Kier molecular flexibility index (Phi) is 10.8. The third-order valence-corrected chi connectivity index (χ3v) is 6.75. The zero-order chi connectivity index (χ0) is 31.6. The molecule has 2 unspecified atom stereocenters. The van der Waals surface area contributed by atoms with E-state index in [-0.39, 0.29) is 21.4 Å². The topological polar surface area (TPSA) is 142 Å². The Morgan fingerprint density at radius 1 is 0.568 bits per heavy atom. The van der Waals surface area contributed by atoms with E-state index in [4.69, 9.17) is 23.2 Å². The Hall–Kier alpha value is -5.06. The van der Waals surface area contributed by atoms with Gasteiger partial charge >= 0.3 is 0 Å². The first kappa shape index (κ1) is 31.9. The summed E-state index contributed by atoms with van der Waals surface area (Å²) in [5.41, 5.74) is 2.95. The molecule has 0 aliphatic rings. The van der Waals surface area contributed by atoms with Gasteiger partial charge in [-0.15, -0.1) is 0 Å². The fraction of sp³-hybridized carbons (Fsp3) is 0.125. The molecular weight excluding hydrogens is 603 g/mol. The zero-order valence-electron chi connectivity index (χ0n) is 23.6. The number of nitrogens with zero attached hydrogens (tertiary/aromatic N) is 4. The number of ketones is 2. The molecule has 0 aliphatic carbocycles. The molecule has 4 rings (SSSR count). The normalized spacial score (nSPS) is 12.5. The number of hydrogen-bond acceptors (Lipinski definition) is 8. The quantitative estimate of drug-likeness (QED) is 0.128. The molecule has 10 nitrogen and oxygen atoms in total. The second-order valence-corrected chi connectivity index (χ2v) is 10.3. The summed E-state index contributed by atoms with van der Waals surface area (Å²) in [7, 11) is 0. The number of carbonyl (C=O) groups excluding carboxylic acids is 4. The summed E-state index contributed by atoms with van der Waals surface area (Å²) in [4.78, 5) is 49.4. The number of anilines is 2. The lowest BCUT2D eigenvalue weighted by atomic mass is 10.0. The van der Waals surface area contributed by atoms with Crippen LogP contribution in [0.2, 0.25) is 10.0 Å². The molecular formula is C32H26Cl2N6O4. The second-order valence-electron chi connectivity index (χ2n) is 9.50. The van der Waals surface area contributed by atoms with Gasteiger partial charge in [-0.05, 0) is 73.5 Å². The molecule has 2 atom stereocenters. The molecule has 4 aromatic rings. The van der Waals surface area contributed by atoms with Crippen LogP contribution in [0, 0.1) is 0 Å². The van der Waals surface area contributed by atoms with Crippen molar-refractivity contribution >= 4 is 69.3 Å². The fourth-order valence-electron chi connectivity index (χ4n) is 3.88. The third kappa shape index (κ3) is 8.50. The molecule has 44 heavy (non-hydrogen) atoms. The molecule has 12 heteroatoms. The molecule has 0 aromatic heterocycles. The third-order valence-electron chi connectivity index (χ3n) is 6.14. The summed E-state index contributed by atoms with van der Waals surface area (Å²) in [6.45, 7) is 2.51. The van der Waals surface area contributed by atoms with E-state index in [2.05, 4.69) is 31.1 Å². The van der Waals surface area contributed by atoms with Gasteiger partial charge in [0.15, 0.2) is 11.6 Å². The lowest BCUT2D eigenvalue weighted by molar-refractivity contribution is -0.127. The van der Waals surface area contributed by atoms with Crippen LogP contribution < -0.4 is 10.6 Å². The number of rotatable bonds is 11. The van der Waals surface area contributed by atoms with Gasteiger partial charge in [-0.1, -0.05) is 71.7 Å². The summed E-state index contributed by atoms with van der Waals surface area (Å²) < 4.78 is 0. The highest BCUT2D eigenvalue weighted by Gasteiger charge is 2.24. The number of amides is 2. The van der Waals surface area contributed by atoms with Gasteiger partial charge in [-0.3, -0.25) is 19.2 Å². The van der Waals surface area contributed by atoms with Crippen molar-refractivity contribution in [3.63, 3.8) is 0 Å². The molecule has 4 aromatic carbocycles. The number of nitrogens with one attached hydrogen (secondary N) is 2. The molecule has 0 radical (unpaired) electrons. The predicted octanol–water partition coefficient (Wildman–Crippen LogP) is 8.02. The summed E-state index contributed by atoms with van der Waals surface area (Å²) in [6.07, 6.45) is 0. The second kappa shape index (κ2) is 14.9. The Morgan fingerprint density at radius 2 is 0.932 bits per heavy atom. The van der Waals surface area contributed by atoms with Crippen LogP contribution in [0.5, 0.6) is 0 Å². The van der Waals surface area contributed by atoms with Crippen molar-refractivity contribution in [2.24, 2.45) is 20.5 Å². The van der Waals surface area contributed by atoms with Crippen molar-refractivity contribution < 1.29 is 19.2 Å². The van der Waals surface area contributed by atoms with Crippen molar-refractivity contribution in [3.8, 4) is 11.1 Å². The number of Topliss-reactive ketones (excluding diaryl/α,β-unsaturated/α-hetero) is 2. The highest BCUT2D eigenvalue weighted by atomic mass is 35.5. The standard InChI is InChI=1S/C32H26Cl2N6O4/c1-19(41)29(31(43)35-23-9-5-3-6-10-23)39-37-27-15-13-21(17-25(27)33)22-14-16-28(26(34)18-22)38-40-30(20(2)42)32(44)36-24-11-7-4-8-12-24/h3-18,29-30H,1-2H3,(H,35,43)(H,36,44). The van der Waals surface area contributed by atoms with E-state index >= 15 is 0 Å². The number of halogens is 2. The Balaban J connectivity index is 1.47. The van der Waals surface area contributed by atoms with E-state index < -0.39 is 35.5 Å². The van der Waals surface area contributed by atoms with Crippen molar-refractivity contribution in [2.45, 2.75) is 25.9 Å². The highest BCUT2D eigenvalue weighted by molar-refractivity contribution is 6.34. The van der Waals surface area contributed by atoms with Gasteiger partial charge in [-0.2, -0.15) is 20.5 Å². The molecule has 222 valence electrons. The first-order chi connectivity index (χ1) is 21.1. The van der Waals surface area contributed by atoms with Gasteiger partial charge in [0, 0.05) is 11.4 Å². The Morgan fingerprint density at radius 3 is 1.25 bits per heavy atom. The maximum Gasteiger partial charge on any atom is 0.258 e.